The van der Waals surface area contributed by atoms with Crippen LogP contribution >= 0.6 is 0 Å². The molecule has 0 N–H and O–H groups in total. The van der Waals surface area contributed by atoms with E-state index in [2.05, 4.69) is 19.5 Å². The molecule has 110 valence electrons. The summed E-state index contributed by atoms with van der Waals surface area (Å²) in [7, 11) is 0. The number of hydrogen-bond donors (Lipinski definition) is 0. The summed E-state index contributed by atoms with van der Waals surface area (Å²) in [4.78, 5) is 32.7. The lowest BCUT2D eigenvalue weighted by atomic mass is 10.3. The maximum Gasteiger partial charge on any atom is 0.294 e. The molecule has 1 rings (SSSR count). The van der Waals surface area contributed by atoms with Crippen molar-refractivity contribution in [1.82, 2.24) is 9.80 Å². The Morgan fingerprint density at radius 2 is 1.32 bits per heavy atom. The zero-order valence-corrected chi connectivity index (χ0v) is 10.6. The van der Waals surface area contributed by atoms with Crippen molar-refractivity contribution in [3.8, 4) is 0 Å². The van der Waals surface area contributed by atoms with Gasteiger partial charge in [-0.3, -0.25) is 4.90 Å². The van der Waals surface area contributed by atoms with Gasteiger partial charge in [-0.15, -0.1) is 20.2 Å². The quantitative estimate of drug-likeness (QED) is 0.312. The Labute approximate surface area is 110 Å². The number of hydrogen-bond acceptors (Lipinski definition) is 8. The van der Waals surface area contributed by atoms with Crippen molar-refractivity contribution in [2.24, 2.45) is 0 Å². The lowest BCUT2D eigenvalue weighted by molar-refractivity contribution is -0.757. The molecule has 1 saturated heterocycles. The van der Waals surface area contributed by atoms with Crippen LogP contribution in [-0.2, 0) is 9.68 Å². The van der Waals surface area contributed by atoms with E-state index in [0.717, 1.165) is 32.7 Å². The molecule has 1 heterocycles. The molecule has 0 unspecified atom stereocenters. The van der Waals surface area contributed by atoms with Gasteiger partial charge in [0.25, 0.3) is 10.2 Å². The second-order valence-corrected chi connectivity index (χ2v) is 4.15. The fraction of sp³-hybridized carbons (Fsp3) is 1.00. The molecule has 0 amide bonds. The first-order chi connectivity index (χ1) is 9.08. The summed E-state index contributed by atoms with van der Waals surface area (Å²) >= 11 is 0. The average Bonchev–Trinajstić information content (AvgIpc) is 2.36. The van der Waals surface area contributed by atoms with E-state index in [9.17, 15) is 20.2 Å². The van der Waals surface area contributed by atoms with E-state index in [0.29, 0.717) is 13.0 Å². The molecular formula is C9H18N4O6. The lowest BCUT2D eigenvalue weighted by Gasteiger charge is -2.34. The molecule has 19 heavy (non-hydrogen) atoms. The van der Waals surface area contributed by atoms with Crippen LogP contribution < -0.4 is 0 Å². The van der Waals surface area contributed by atoms with Gasteiger partial charge in [-0.1, -0.05) is 0 Å². The van der Waals surface area contributed by atoms with E-state index in [1.54, 1.807) is 0 Å². The van der Waals surface area contributed by atoms with Crippen LogP contribution in [0.25, 0.3) is 0 Å². The van der Waals surface area contributed by atoms with Crippen LogP contribution in [0, 0.1) is 20.2 Å². The minimum absolute atomic E-state index is 0.0870. The van der Waals surface area contributed by atoms with Crippen LogP contribution in [0.2, 0.25) is 0 Å². The van der Waals surface area contributed by atoms with E-state index in [1.807, 2.05) is 0 Å². The van der Waals surface area contributed by atoms with Gasteiger partial charge in [0.05, 0.1) is 6.61 Å². The second kappa shape index (κ2) is 8.43. The van der Waals surface area contributed by atoms with Crippen molar-refractivity contribution < 1.29 is 19.8 Å². The molecule has 10 heteroatoms. The molecule has 1 fully saturated rings. The fourth-order valence-corrected chi connectivity index (χ4v) is 1.91. The molecule has 0 saturated carbocycles. The van der Waals surface area contributed by atoms with Crippen LogP contribution in [0.15, 0.2) is 0 Å². The third kappa shape index (κ3) is 7.36. The molecule has 0 atom stereocenters. The van der Waals surface area contributed by atoms with Gasteiger partial charge >= 0.3 is 0 Å². The Balaban J connectivity index is 2.02. The molecule has 1 aliphatic heterocycles. The summed E-state index contributed by atoms with van der Waals surface area (Å²) in [5, 5.41) is 18.4. The fourth-order valence-electron chi connectivity index (χ4n) is 1.91. The Morgan fingerprint density at radius 1 is 0.842 bits per heavy atom. The Morgan fingerprint density at radius 3 is 1.84 bits per heavy atom. The minimum atomic E-state index is -0.786. The van der Waals surface area contributed by atoms with E-state index in [4.69, 9.17) is 0 Å². The van der Waals surface area contributed by atoms with Crippen LogP contribution in [0.4, 0.5) is 0 Å². The third-order valence-corrected chi connectivity index (χ3v) is 2.88. The molecule has 0 aromatic rings. The molecule has 0 bridgehead atoms. The molecule has 0 aliphatic carbocycles. The average molecular weight is 278 g/mol. The summed E-state index contributed by atoms with van der Waals surface area (Å²) in [6.07, 6.45) is 0.616. The number of nitrogens with zero attached hydrogens (tertiary/aromatic N) is 4. The van der Waals surface area contributed by atoms with Gasteiger partial charge in [-0.25, -0.2) is 0 Å². The second-order valence-electron chi connectivity index (χ2n) is 4.15. The SMILES string of the molecule is O=[N+]([O-])OCCCN1CCN(CCO[N+](=O)[O-])CC1. The van der Waals surface area contributed by atoms with Crippen molar-refractivity contribution >= 4 is 0 Å². The number of piperazine rings is 1. The molecule has 0 aromatic heterocycles. The highest BCUT2D eigenvalue weighted by molar-refractivity contribution is 4.71. The largest absolute Gasteiger partial charge is 0.314 e. The summed E-state index contributed by atoms with van der Waals surface area (Å²) in [6.45, 7) is 4.82. The predicted octanol–water partition coefficient (Wildman–Crippen LogP) is -0.589. The van der Waals surface area contributed by atoms with Crippen molar-refractivity contribution in [3.05, 3.63) is 20.2 Å². The summed E-state index contributed by atoms with van der Waals surface area (Å²) in [6, 6.07) is 0. The molecule has 1 aliphatic rings. The van der Waals surface area contributed by atoms with Gasteiger partial charge < -0.3 is 14.6 Å². The maximum absolute atomic E-state index is 9.98. The van der Waals surface area contributed by atoms with E-state index in [-0.39, 0.29) is 13.2 Å². The van der Waals surface area contributed by atoms with Gasteiger partial charge in [-0.2, -0.15) is 0 Å². The molecular weight excluding hydrogens is 260 g/mol. The van der Waals surface area contributed by atoms with Crippen molar-refractivity contribution in [1.29, 1.82) is 0 Å². The van der Waals surface area contributed by atoms with Gasteiger partial charge in [0.1, 0.15) is 6.61 Å². The van der Waals surface area contributed by atoms with Gasteiger partial charge in [0, 0.05) is 39.3 Å². The Hall–Kier alpha value is -1.68. The molecule has 0 spiro atoms. The highest BCUT2D eigenvalue weighted by atomic mass is 17.0. The first kappa shape index (κ1) is 15.4. The van der Waals surface area contributed by atoms with Gasteiger partial charge in [0.2, 0.25) is 0 Å². The first-order valence-corrected chi connectivity index (χ1v) is 6.07. The van der Waals surface area contributed by atoms with Crippen LogP contribution in [0.5, 0.6) is 0 Å². The van der Waals surface area contributed by atoms with Crippen molar-refractivity contribution in [3.63, 3.8) is 0 Å². The summed E-state index contributed by atoms with van der Waals surface area (Å²) in [5.41, 5.74) is 0. The summed E-state index contributed by atoms with van der Waals surface area (Å²) < 4.78 is 0. The highest BCUT2D eigenvalue weighted by Gasteiger charge is 2.16. The van der Waals surface area contributed by atoms with E-state index in [1.165, 1.54) is 0 Å². The normalized spacial score (nSPS) is 17.1. The zero-order chi connectivity index (χ0) is 14.1. The van der Waals surface area contributed by atoms with Crippen molar-refractivity contribution in [2.45, 2.75) is 6.42 Å². The van der Waals surface area contributed by atoms with Gasteiger partial charge in [0.15, 0.2) is 0 Å². The smallest absolute Gasteiger partial charge is 0.294 e. The van der Waals surface area contributed by atoms with Crippen molar-refractivity contribution in [2.75, 3.05) is 52.5 Å². The number of rotatable bonds is 9. The molecule has 0 radical (unpaired) electrons. The third-order valence-electron chi connectivity index (χ3n) is 2.88. The first-order valence-electron chi connectivity index (χ1n) is 6.07. The van der Waals surface area contributed by atoms with Crippen LogP contribution in [-0.4, -0.2) is 72.5 Å². The maximum atomic E-state index is 9.98. The standard InChI is InChI=1S/C9H18N4O6/c14-12(15)18-8-1-2-10-3-5-11(6-4-10)7-9-19-13(16)17/h1-9H2. The predicted molar refractivity (Wildman–Crippen MR) is 63.4 cm³/mol. The Bertz CT molecular complexity index is 294. The highest BCUT2D eigenvalue weighted by Crippen LogP contribution is 2.02. The molecule has 0 aromatic carbocycles. The zero-order valence-electron chi connectivity index (χ0n) is 10.6. The van der Waals surface area contributed by atoms with E-state index >= 15 is 0 Å². The van der Waals surface area contributed by atoms with E-state index < -0.39 is 10.2 Å². The van der Waals surface area contributed by atoms with Gasteiger partial charge in [-0.05, 0) is 6.42 Å². The Kier molecular flexibility index (Phi) is 6.82. The molecule has 10 nitrogen and oxygen atoms in total. The van der Waals surface area contributed by atoms with Crippen LogP contribution in [0.1, 0.15) is 6.42 Å². The lowest BCUT2D eigenvalue weighted by Crippen LogP contribution is -2.47. The minimum Gasteiger partial charge on any atom is -0.314 e. The summed E-state index contributed by atoms with van der Waals surface area (Å²) in [5.74, 6) is 0. The topological polar surface area (TPSA) is 111 Å². The van der Waals surface area contributed by atoms with Crippen LogP contribution in [0.3, 0.4) is 0 Å². The monoisotopic (exact) mass is 278 g/mol.